The lowest BCUT2D eigenvalue weighted by atomic mass is 10.1. The SMILES string of the molecule is CCc1ccc(NCC[n+]2c(C)c(C)n3c2N=C2C3C(=O)N(C)C(=O)N2C)cc1. The number of fused-ring (bicyclic) bond motifs is 3. The number of aryl methyl sites for hydroxylation is 1. The molecular weight excluding hydrogens is 368 g/mol. The number of benzene rings is 1. The van der Waals surface area contributed by atoms with Gasteiger partial charge in [-0.1, -0.05) is 24.0 Å². The van der Waals surface area contributed by atoms with Gasteiger partial charge in [-0.05, 0) is 38.0 Å². The molecule has 1 aromatic carbocycles. The molecule has 152 valence electrons. The molecule has 0 radical (unpaired) electrons. The highest BCUT2D eigenvalue weighted by Crippen LogP contribution is 2.34. The molecular formula is C21H27N6O2+. The molecule has 1 saturated heterocycles. The van der Waals surface area contributed by atoms with Gasteiger partial charge in [0.1, 0.15) is 11.4 Å². The second kappa shape index (κ2) is 7.02. The molecule has 0 spiro atoms. The van der Waals surface area contributed by atoms with Crippen molar-refractivity contribution in [1.29, 1.82) is 0 Å². The summed E-state index contributed by atoms with van der Waals surface area (Å²) in [6, 6.07) is 7.52. The maximum absolute atomic E-state index is 12.8. The molecule has 4 rings (SSSR count). The Morgan fingerprint density at radius 2 is 1.79 bits per heavy atom. The zero-order valence-electron chi connectivity index (χ0n) is 17.6. The largest absolute Gasteiger partial charge is 0.402 e. The lowest BCUT2D eigenvalue weighted by Gasteiger charge is -2.30. The third kappa shape index (κ3) is 2.90. The number of amides is 3. The average molecular weight is 395 g/mol. The van der Waals surface area contributed by atoms with Crippen LogP contribution in [-0.2, 0) is 17.8 Å². The summed E-state index contributed by atoms with van der Waals surface area (Å²) in [6.45, 7) is 7.61. The Balaban J connectivity index is 1.59. The monoisotopic (exact) mass is 395 g/mol. The van der Waals surface area contributed by atoms with Crippen LogP contribution in [0.2, 0.25) is 0 Å². The molecule has 2 aliphatic heterocycles. The topological polar surface area (TPSA) is 73.8 Å². The van der Waals surface area contributed by atoms with E-state index in [1.165, 1.54) is 22.4 Å². The number of imide groups is 1. The Hall–Kier alpha value is -3.16. The van der Waals surface area contributed by atoms with Crippen LogP contribution < -0.4 is 9.88 Å². The first-order valence-electron chi connectivity index (χ1n) is 9.93. The number of hydrogen-bond acceptors (Lipinski definition) is 4. The van der Waals surface area contributed by atoms with Crippen LogP contribution >= 0.6 is 0 Å². The molecule has 1 aromatic heterocycles. The third-order valence-electron chi connectivity index (χ3n) is 5.97. The van der Waals surface area contributed by atoms with Crippen LogP contribution in [0.15, 0.2) is 29.3 Å². The Morgan fingerprint density at radius 1 is 1.10 bits per heavy atom. The summed E-state index contributed by atoms with van der Waals surface area (Å²) in [5.74, 6) is 0.962. The third-order valence-corrected chi connectivity index (χ3v) is 5.97. The molecule has 1 N–H and O–H groups in total. The second-order valence-corrected chi connectivity index (χ2v) is 7.58. The zero-order chi connectivity index (χ0) is 20.9. The fourth-order valence-electron chi connectivity index (χ4n) is 4.02. The van der Waals surface area contributed by atoms with Crippen molar-refractivity contribution in [2.24, 2.45) is 4.99 Å². The van der Waals surface area contributed by atoms with Gasteiger partial charge in [0.05, 0.1) is 6.54 Å². The van der Waals surface area contributed by atoms with E-state index in [9.17, 15) is 9.59 Å². The molecule has 3 heterocycles. The number of carbonyl (C=O) groups is 2. The van der Waals surface area contributed by atoms with Crippen molar-refractivity contribution in [2.75, 3.05) is 26.0 Å². The van der Waals surface area contributed by atoms with E-state index in [0.29, 0.717) is 18.3 Å². The number of urea groups is 1. The number of hydrogen-bond donors (Lipinski definition) is 1. The van der Waals surface area contributed by atoms with Crippen molar-refractivity contribution >= 4 is 29.4 Å². The first-order valence-corrected chi connectivity index (χ1v) is 9.93. The molecule has 1 unspecified atom stereocenters. The average Bonchev–Trinajstić information content (AvgIpc) is 3.22. The molecule has 0 saturated carbocycles. The second-order valence-electron chi connectivity index (χ2n) is 7.58. The summed E-state index contributed by atoms with van der Waals surface area (Å²) in [4.78, 5) is 32.4. The first-order chi connectivity index (χ1) is 13.8. The summed E-state index contributed by atoms with van der Waals surface area (Å²) in [5, 5.41) is 3.45. The van der Waals surface area contributed by atoms with Crippen LogP contribution in [0, 0.1) is 13.8 Å². The fraction of sp³-hybridized carbons (Fsp3) is 0.429. The highest BCUT2D eigenvalue weighted by Gasteiger charge is 2.53. The van der Waals surface area contributed by atoms with E-state index in [4.69, 9.17) is 4.99 Å². The van der Waals surface area contributed by atoms with Crippen LogP contribution in [0.5, 0.6) is 0 Å². The van der Waals surface area contributed by atoms with Gasteiger partial charge in [-0.25, -0.2) is 13.9 Å². The molecule has 1 atom stereocenters. The van der Waals surface area contributed by atoms with E-state index in [-0.39, 0.29) is 11.9 Å². The summed E-state index contributed by atoms with van der Waals surface area (Å²) in [6.07, 6.45) is 1.03. The van der Waals surface area contributed by atoms with Crippen LogP contribution in [0.1, 0.15) is 29.9 Å². The number of likely N-dealkylation sites (N-methyl/N-ethyl adjacent to an activating group) is 2. The van der Waals surface area contributed by atoms with Gasteiger partial charge in [-0.3, -0.25) is 14.6 Å². The molecule has 0 bridgehead atoms. The molecule has 8 heteroatoms. The van der Waals surface area contributed by atoms with E-state index < -0.39 is 6.04 Å². The summed E-state index contributed by atoms with van der Waals surface area (Å²) in [7, 11) is 3.18. The predicted molar refractivity (Wildman–Crippen MR) is 110 cm³/mol. The molecule has 2 aliphatic rings. The zero-order valence-corrected chi connectivity index (χ0v) is 17.6. The maximum atomic E-state index is 12.8. The molecule has 3 amide bonds. The number of aliphatic imine (C=N–C) groups is 1. The van der Waals surface area contributed by atoms with Crippen molar-refractivity contribution in [3.63, 3.8) is 0 Å². The van der Waals surface area contributed by atoms with Crippen LogP contribution in [0.4, 0.5) is 16.4 Å². The minimum Gasteiger partial charge on any atom is -0.382 e. The summed E-state index contributed by atoms with van der Waals surface area (Å²) >= 11 is 0. The van der Waals surface area contributed by atoms with Crippen molar-refractivity contribution < 1.29 is 14.2 Å². The highest BCUT2D eigenvalue weighted by molar-refractivity contribution is 6.20. The van der Waals surface area contributed by atoms with Crippen LogP contribution in [-0.4, -0.2) is 52.8 Å². The Bertz CT molecular complexity index is 1020. The van der Waals surface area contributed by atoms with E-state index in [2.05, 4.69) is 41.1 Å². The summed E-state index contributed by atoms with van der Waals surface area (Å²) in [5.41, 5.74) is 4.45. The Labute approximate surface area is 170 Å². The molecule has 1 fully saturated rings. The maximum Gasteiger partial charge on any atom is 0.402 e. The number of aromatic nitrogens is 2. The number of amidine groups is 1. The number of carbonyl (C=O) groups excluding carboxylic acids is 2. The van der Waals surface area contributed by atoms with Gasteiger partial charge >= 0.3 is 12.0 Å². The molecule has 29 heavy (non-hydrogen) atoms. The van der Waals surface area contributed by atoms with E-state index in [0.717, 1.165) is 30.0 Å². The van der Waals surface area contributed by atoms with E-state index in [1.807, 2.05) is 18.4 Å². The molecule has 0 aliphatic carbocycles. The van der Waals surface area contributed by atoms with Gasteiger partial charge < -0.3 is 5.32 Å². The first kappa shape index (κ1) is 19.2. The van der Waals surface area contributed by atoms with Gasteiger partial charge in [0.15, 0.2) is 0 Å². The van der Waals surface area contributed by atoms with Crippen molar-refractivity contribution in [3.8, 4) is 0 Å². The molecule has 8 nitrogen and oxygen atoms in total. The van der Waals surface area contributed by atoms with Crippen molar-refractivity contribution in [2.45, 2.75) is 39.8 Å². The minimum atomic E-state index is -0.577. The number of nitrogens with zero attached hydrogens (tertiary/aromatic N) is 5. The Morgan fingerprint density at radius 3 is 2.45 bits per heavy atom. The number of imidazole rings is 1. The summed E-state index contributed by atoms with van der Waals surface area (Å²) < 4.78 is 4.06. The van der Waals surface area contributed by atoms with Gasteiger partial charge in [0, 0.05) is 26.3 Å². The van der Waals surface area contributed by atoms with Gasteiger partial charge in [-0.15, -0.1) is 0 Å². The lowest BCUT2D eigenvalue weighted by Crippen LogP contribution is -2.56. The van der Waals surface area contributed by atoms with Gasteiger partial charge in [-0.2, -0.15) is 0 Å². The van der Waals surface area contributed by atoms with Crippen molar-refractivity contribution in [3.05, 3.63) is 41.2 Å². The highest BCUT2D eigenvalue weighted by atomic mass is 16.2. The van der Waals surface area contributed by atoms with E-state index in [1.54, 1.807) is 7.05 Å². The quantitative estimate of drug-likeness (QED) is 0.789. The van der Waals surface area contributed by atoms with Gasteiger partial charge in [0.2, 0.25) is 11.9 Å². The van der Waals surface area contributed by atoms with Crippen LogP contribution in [0.25, 0.3) is 0 Å². The van der Waals surface area contributed by atoms with Crippen molar-refractivity contribution in [1.82, 2.24) is 14.4 Å². The standard InChI is InChI=1S/C21H27N6O2/c1-6-15-7-9-16(10-8-15)22-11-12-26-13(2)14(3)27-17-18(23-20(26)27)24(4)21(29)25(5)19(17)28/h7-10,17,22H,6,11-12H2,1-5H3/q+1. The lowest BCUT2D eigenvalue weighted by molar-refractivity contribution is -0.686. The number of anilines is 1. The fourth-order valence-corrected chi connectivity index (χ4v) is 4.02. The normalized spacial score (nSPS) is 18.1. The van der Waals surface area contributed by atoms with Crippen LogP contribution in [0.3, 0.4) is 0 Å². The minimum absolute atomic E-state index is 0.245. The Kier molecular flexibility index (Phi) is 4.64. The predicted octanol–water partition coefficient (Wildman–Crippen LogP) is 2.18. The number of rotatable bonds is 5. The van der Waals surface area contributed by atoms with Gasteiger partial charge in [0.25, 0.3) is 5.91 Å². The number of nitrogens with one attached hydrogen (secondary N) is 1. The van der Waals surface area contributed by atoms with E-state index >= 15 is 0 Å². The molecule has 2 aromatic rings. The smallest absolute Gasteiger partial charge is 0.382 e.